The lowest BCUT2D eigenvalue weighted by Gasteiger charge is -2.31. The van der Waals surface area contributed by atoms with Crippen molar-refractivity contribution in [3.63, 3.8) is 0 Å². The van der Waals surface area contributed by atoms with Crippen LogP contribution < -0.4 is 14.3 Å². The number of nitrogens with one attached hydrogen (secondary N) is 1. The van der Waals surface area contributed by atoms with Crippen molar-refractivity contribution in [2.75, 3.05) is 32.7 Å². The van der Waals surface area contributed by atoms with E-state index >= 15 is 0 Å². The lowest BCUT2D eigenvalue weighted by Crippen LogP contribution is -2.37. The molecule has 7 nitrogen and oxygen atoms in total. The molecule has 1 N–H and O–H groups in total. The first-order chi connectivity index (χ1) is 15.9. The van der Waals surface area contributed by atoms with Gasteiger partial charge in [-0.05, 0) is 66.5 Å². The van der Waals surface area contributed by atoms with E-state index in [4.69, 9.17) is 9.47 Å². The van der Waals surface area contributed by atoms with Crippen LogP contribution in [0.25, 0.3) is 0 Å². The number of fused-ring (bicyclic) bond motifs is 4. The molecule has 5 rings (SSSR count). The Morgan fingerprint density at radius 3 is 2.82 bits per heavy atom. The minimum Gasteiger partial charge on any atom is -0.454 e. The number of likely N-dealkylation sites (N-methyl/N-ethyl adjacent to an activating group) is 1. The van der Waals surface area contributed by atoms with Gasteiger partial charge in [0.1, 0.15) is 0 Å². The summed E-state index contributed by atoms with van der Waals surface area (Å²) in [6.07, 6.45) is 5.66. The van der Waals surface area contributed by atoms with Gasteiger partial charge < -0.3 is 14.4 Å². The first-order valence-electron chi connectivity index (χ1n) is 11.9. The molecule has 0 fully saturated rings. The summed E-state index contributed by atoms with van der Waals surface area (Å²) < 4.78 is 34.4. The van der Waals surface area contributed by atoms with Crippen molar-refractivity contribution in [3.05, 3.63) is 58.1 Å². The Morgan fingerprint density at radius 2 is 2.00 bits per heavy atom. The van der Waals surface area contributed by atoms with Crippen molar-refractivity contribution in [2.45, 2.75) is 51.6 Å². The average molecular weight is 472 g/mol. The molecular weight excluding hydrogens is 438 g/mol. The smallest absolute Gasteiger partial charge is 0.231 e. The number of hydrazine groups is 1. The molecule has 0 saturated heterocycles. The molecule has 178 valence electrons. The number of hydrogen-bond donors (Lipinski definition) is 1. The Labute approximate surface area is 196 Å². The van der Waals surface area contributed by atoms with Gasteiger partial charge in [-0.15, -0.1) is 4.83 Å². The summed E-state index contributed by atoms with van der Waals surface area (Å²) in [5, 5.41) is 1.76. The summed E-state index contributed by atoms with van der Waals surface area (Å²) in [6.45, 7) is 6.89. The molecular formula is C25H33N3O4S. The molecule has 0 unspecified atom stereocenters. The Bertz CT molecular complexity index is 1130. The van der Waals surface area contributed by atoms with Gasteiger partial charge in [0.25, 0.3) is 0 Å². The van der Waals surface area contributed by atoms with Crippen LogP contribution in [0.3, 0.4) is 0 Å². The zero-order valence-electron chi connectivity index (χ0n) is 19.5. The van der Waals surface area contributed by atoms with Crippen LogP contribution in [0.15, 0.2) is 30.3 Å². The third-order valence-corrected chi connectivity index (χ3v) is 7.62. The number of sulfonamides is 1. The molecule has 0 radical (unpaired) electrons. The first kappa shape index (κ1) is 22.7. The van der Waals surface area contributed by atoms with Crippen LogP contribution in [0.5, 0.6) is 11.5 Å². The summed E-state index contributed by atoms with van der Waals surface area (Å²) in [5.74, 6) is 2.39. The van der Waals surface area contributed by atoms with Crippen LogP contribution in [-0.4, -0.2) is 51.0 Å². The van der Waals surface area contributed by atoms with Gasteiger partial charge in [0.05, 0.1) is 6.26 Å². The normalized spacial score (nSPS) is 19.7. The summed E-state index contributed by atoms with van der Waals surface area (Å²) in [7, 11) is -3.24. The average Bonchev–Trinajstić information content (AvgIpc) is 3.41. The molecule has 2 aromatic carbocycles. The summed E-state index contributed by atoms with van der Waals surface area (Å²) >= 11 is 0. The fourth-order valence-corrected chi connectivity index (χ4v) is 6.03. The second-order valence-electron chi connectivity index (χ2n) is 9.42. The van der Waals surface area contributed by atoms with Gasteiger partial charge in [0.15, 0.2) is 11.5 Å². The van der Waals surface area contributed by atoms with E-state index in [9.17, 15) is 8.42 Å². The molecule has 8 heteroatoms. The van der Waals surface area contributed by atoms with Gasteiger partial charge in [-0.3, -0.25) is 0 Å². The van der Waals surface area contributed by atoms with Gasteiger partial charge in [-0.2, -0.15) is 0 Å². The highest BCUT2D eigenvalue weighted by Crippen LogP contribution is 2.44. The molecule has 2 aliphatic heterocycles. The lowest BCUT2D eigenvalue weighted by molar-refractivity contribution is 0.173. The van der Waals surface area contributed by atoms with Gasteiger partial charge >= 0.3 is 0 Å². The van der Waals surface area contributed by atoms with Gasteiger partial charge in [0, 0.05) is 31.7 Å². The molecule has 0 aromatic heterocycles. The molecule has 2 heterocycles. The molecule has 0 amide bonds. The lowest BCUT2D eigenvalue weighted by atomic mass is 9.82. The van der Waals surface area contributed by atoms with E-state index < -0.39 is 10.0 Å². The van der Waals surface area contributed by atoms with Crippen molar-refractivity contribution < 1.29 is 17.9 Å². The van der Waals surface area contributed by atoms with Crippen molar-refractivity contribution in [3.8, 4) is 11.5 Å². The topological polar surface area (TPSA) is 71.1 Å². The minimum absolute atomic E-state index is 0.334. The largest absolute Gasteiger partial charge is 0.454 e. The van der Waals surface area contributed by atoms with Crippen LogP contribution in [0.2, 0.25) is 0 Å². The predicted molar refractivity (Wildman–Crippen MR) is 128 cm³/mol. The third kappa shape index (κ3) is 5.04. The molecule has 33 heavy (non-hydrogen) atoms. The van der Waals surface area contributed by atoms with Crippen LogP contribution in [0.4, 0.5) is 0 Å². The predicted octanol–water partition coefficient (Wildman–Crippen LogP) is 3.18. The maximum absolute atomic E-state index is 11.5. The minimum atomic E-state index is -3.24. The maximum Gasteiger partial charge on any atom is 0.231 e. The fourth-order valence-electron chi connectivity index (χ4n) is 5.44. The van der Waals surface area contributed by atoms with E-state index in [1.54, 1.807) is 5.01 Å². The van der Waals surface area contributed by atoms with Gasteiger partial charge in [-0.25, -0.2) is 13.4 Å². The Kier molecular flexibility index (Phi) is 6.35. The van der Waals surface area contributed by atoms with E-state index in [0.29, 0.717) is 25.8 Å². The monoisotopic (exact) mass is 471 g/mol. The zero-order chi connectivity index (χ0) is 23.0. The summed E-state index contributed by atoms with van der Waals surface area (Å²) in [4.78, 5) is 5.14. The maximum atomic E-state index is 11.5. The Balaban J connectivity index is 1.21. The number of ether oxygens (including phenoxy) is 2. The zero-order valence-corrected chi connectivity index (χ0v) is 20.3. The second kappa shape index (κ2) is 9.25. The standard InChI is InChI=1S/C25H33N3O4S/c1-3-27(14-20-5-4-6-23-22(20)9-10-24-25(23)32-17-31-24)12-11-18-7-8-19-15-28(16-21(19)13-18)26-33(2,29)30/h7-10,13,20,26H,3-6,11-12,14-17H2,1-2H3/t20-/m0/s1. The van der Waals surface area contributed by atoms with Gasteiger partial charge in [-0.1, -0.05) is 31.2 Å². The van der Waals surface area contributed by atoms with Crippen molar-refractivity contribution in [2.24, 2.45) is 0 Å². The molecule has 3 aliphatic rings. The van der Waals surface area contributed by atoms with E-state index in [2.05, 4.69) is 47.0 Å². The first-order valence-corrected chi connectivity index (χ1v) is 13.8. The van der Waals surface area contributed by atoms with Gasteiger partial charge in [0.2, 0.25) is 16.8 Å². The van der Waals surface area contributed by atoms with Crippen LogP contribution in [0, 0.1) is 0 Å². The molecule has 0 spiro atoms. The molecule has 1 atom stereocenters. The molecule has 0 bridgehead atoms. The third-order valence-electron chi connectivity index (χ3n) is 7.03. The summed E-state index contributed by atoms with van der Waals surface area (Å²) in [5.41, 5.74) is 6.49. The highest BCUT2D eigenvalue weighted by molar-refractivity contribution is 7.88. The highest BCUT2D eigenvalue weighted by atomic mass is 32.2. The number of nitrogens with zero attached hydrogens (tertiary/aromatic N) is 2. The second-order valence-corrected chi connectivity index (χ2v) is 11.1. The number of hydrogen-bond acceptors (Lipinski definition) is 6. The number of rotatable bonds is 8. The summed E-state index contributed by atoms with van der Waals surface area (Å²) in [6, 6.07) is 10.9. The SMILES string of the molecule is CCN(CCc1ccc2c(c1)CN(NS(C)(=O)=O)C2)C[C@@H]1CCCc2c1ccc1c2OCO1. The highest BCUT2D eigenvalue weighted by Gasteiger charge is 2.28. The van der Waals surface area contributed by atoms with E-state index in [1.165, 1.54) is 46.9 Å². The van der Waals surface area contributed by atoms with E-state index in [-0.39, 0.29) is 0 Å². The fraction of sp³-hybridized carbons (Fsp3) is 0.520. The van der Waals surface area contributed by atoms with Crippen molar-refractivity contribution in [1.82, 2.24) is 14.7 Å². The van der Waals surface area contributed by atoms with E-state index in [1.807, 2.05) is 0 Å². The van der Waals surface area contributed by atoms with Crippen LogP contribution in [0.1, 0.15) is 53.5 Å². The quantitative estimate of drug-likeness (QED) is 0.638. The van der Waals surface area contributed by atoms with Crippen molar-refractivity contribution in [1.29, 1.82) is 0 Å². The Hall–Kier alpha value is -2.13. The molecule has 1 aliphatic carbocycles. The Morgan fingerprint density at radius 1 is 1.15 bits per heavy atom. The molecule has 0 saturated carbocycles. The molecule has 2 aromatic rings. The van der Waals surface area contributed by atoms with Crippen LogP contribution in [-0.2, 0) is 36.0 Å². The van der Waals surface area contributed by atoms with Crippen LogP contribution >= 0.6 is 0 Å². The van der Waals surface area contributed by atoms with E-state index in [0.717, 1.165) is 44.0 Å². The van der Waals surface area contributed by atoms with Crippen molar-refractivity contribution >= 4 is 10.0 Å². The number of benzene rings is 2.